The van der Waals surface area contributed by atoms with Gasteiger partial charge in [0.25, 0.3) is 5.96 Å². The smallest absolute Gasteiger partial charge is 0.268 e. The van der Waals surface area contributed by atoms with Crippen molar-refractivity contribution in [3.05, 3.63) is 40.2 Å². The first kappa shape index (κ1) is 14.7. The van der Waals surface area contributed by atoms with Gasteiger partial charge >= 0.3 is 0 Å². The number of nitro groups is 1. The lowest BCUT2D eigenvalue weighted by Gasteiger charge is -2.06. The van der Waals surface area contributed by atoms with Gasteiger partial charge in [-0.2, -0.15) is 0 Å². The maximum Gasteiger partial charge on any atom is 0.268 e. The van der Waals surface area contributed by atoms with E-state index in [0.717, 1.165) is 16.9 Å². The van der Waals surface area contributed by atoms with Gasteiger partial charge in [0.2, 0.25) is 0 Å². The molecule has 0 spiro atoms. The molecule has 0 atom stereocenters. The van der Waals surface area contributed by atoms with Gasteiger partial charge in [-0.1, -0.05) is 12.1 Å². The fourth-order valence-corrected chi connectivity index (χ4v) is 1.82. The Bertz CT molecular complexity index is 604. The highest BCUT2D eigenvalue weighted by atomic mass is 16.7. The zero-order chi connectivity index (χ0) is 15.1. The zero-order valence-electron chi connectivity index (χ0n) is 11.6. The van der Waals surface area contributed by atoms with Crippen LogP contribution < -0.4 is 16.0 Å². The zero-order valence-corrected chi connectivity index (χ0v) is 11.6. The molecule has 112 valence electrons. The molecule has 0 aliphatic carbocycles. The molecule has 0 radical (unpaired) electrons. The number of H-pyrrole nitrogens is 1. The number of fused-ring (bicyclic) bond motifs is 1. The molecule has 2 aromatic rings. The van der Waals surface area contributed by atoms with Crippen molar-refractivity contribution in [3.63, 3.8) is 0 Å². The van der Waals surface area contributed by atoms with Crippen LogP contribution in [0, 0.1) is 10.1 Å². The quantitative estimate of drug-likeness (QED) is 0.196. The third-order valence-corrected chi connectivity index (χ3v) is 2.74. The summed E-state index contributed by atoms with van der Waals surface area (Å²) >= 11 is 0. The highest BCUT2D eigenvalue weighted by Gasteiger charge is 2.02. The molecule has 0 bridgehead atoms. The number of aromatic nitrogens is 2. The van der Waals surface area contributed by atoms with Crippen LogP contribution in [0.3, 0.4) is 0 Å². The number of hydrogen-bond donors (Lipinski definition) is 4. The van der Waals surface area contributed by atoms with E-state index in [2.05, 4.69) is 31.0 Å². The molecule has 1 aromatic heterocycles. The predicted octanol–water partition coefficient (Wildman–Crippen LogP) is 0.00920. The molecule has 9 heteroatoms. The topological polar surface area (TPSA) is 120 Å². The Labute approximate surface area is 121 Å². The normalized spacial score (nSPS) is 11.6. The summed E-state index contributed by atoms with van der Waals surface area (Å²) in [6.07, 6.45) is 0. The van der Waals surface area contributed by atoms with Crippen LogP contribution in [0.2, 0.25) is 0 Å². The average molecular weight is 291 g/mol. The minimum Gasteiger partial charge on any atom is -0.354 e. The van der Waals surface area contributed by atoms with Crippen molar-refractivity contribution >= 4 is 17.0 Å². The first-order valence-corrected chi connectivity index (χ1v) is 6.48. The van der Waals surface area contributed by atoms with Gasteiger partial charge in [0.05, 0.1) is 17.6 Å². The monoisotopic (exact) mass is 291 g/mol. The summed E-state index contributed by atoms with van der Waals surface area (Å²) in [4.78, 5) is 17.9. The van der Waals surface area contributed by atoms with Crippen LogP contribution in [-0.2, 0) is 6.54 Å². The van der Waals surface area contributed by atoms with Crippen molar-refractivity contribution in [3.8, 4) is 0 Å². The number of para-hydroxylation sites is 2. The number of aromatic amines is 1. The third kappa shape index (κ3) is 4.42. The Morgan fingerprint density at radius 2 is 2.24 bits per heavy atom. The van der Waals surface area contributed by atoms with E-state index in [-0.39, 0.29) is 5.96 Å². The van der Waals surface area contributed by atoms with Gasteiger partial charge in [-0.25, -0.2) is 15.1 Å². The minimum absolute atomic E-state index is 0.130. The van der Waals surface area contributed by atoms with Crippen molar-refractivity contribution in [2.24, 2.45) is 5.10 Å². The minimum atomic E-state index is -0.749. The van der Waals surface area contributed by atoms with Crippen LogP contribution in [0.25, 0.3) is 11.0 Å². The summed E-state index contributed by atoms with van der Waals surface area (Å²) in [6, 6.07) is 7.82. The van der Waals surface area contributed by atoms with Crippen molar-refractivity contribution in [2.75, 3.05) is 20.1 Å². The fourth-order valence-electron chi connectivity index (χ4n) is 1.82. The van der Waals surface area contributed by atoms with Crippen LogP contribution in [0.5, 0.6) is 0 Å². The van der Waals surface area contributed by atoms with E-state index in [1.807, 2.05) is 24.3 Å². The maximum atomic E-state index is 10.2. The molecular formula is C12H17N7O2. The molecule has 0 amide bonds. The van der Waals surface area contributed by atoms with E-state index < -0.39 is 5.03 Å². The molecule has 9 nitrogen and oxygen atoms in total. The van der Waals surface area contributed by atoms with Gasteiger partial charge in [-0.05, 0) is 12.1 Å². The van der Waals surface area contributed by atoms with Crippen molar-refractivity contribution in [1.82, 2.24) is 25.9 Å². The van der Waals surface area contributed by atoms with Crippen LogP contribution in [-0.4, -0.2) is 41.1 Å². The van der Waals surface area contributed by atoms with E-state index in [9.17, 15) is 10.1 Å². The Hall–Kier alpha value is -2.68. The third-order valence-electron chi connectivity index (χ3n) is 2.74. The van der Waals surface area contributed by atoms with E-state index >= 15 is 0 Å². The van der Waals surface area contributed by atoms with E-state index in [1.54, 1.807) is 7.05 Å². The molecule has 0 aliphatic heterocycles. The molecule has 4 N–H and O–H groups in total. The Morgan fingerprint density at radius 3 is 2.95 bits per heavy atom. The molecular weight excluding hydrogens is 274 g/mol. The molecule has 0 saturated carbocycles. The highest BCUT2D eigenvalue weighted by molar-refractivity contribution is 5.78. The number of nitrogens with one attached hydrogen (secondary N) is 4. The number of rotatable bonds is 6. The second-order valence-corrected chi connectivity index (χ2v) is 4.24. The SMILES string of the molecule is CN/C(=N\[N+](=O)[O-])NCCNCc1nc2ccccc2[nH]1. The summed E-state index contributed by atoms with van der Waals surface area (Å²) in [5, 5.41) is 21.3. The largest absolute Gasteiger partial charge is 0.354 e. The Kier molecular flexibility index (Phi) is 5.04. The van der Waals surface area contributed by atoms with Crippen LogP contribution in [0.15, 0.2) is 29.4 Å². The standard InChI is InChI=1S/C12H17N7O2/c1-13-12(18-19(20)21)15-7-6-14-8-11-16-9-4-2-3-5-10(9)17-11/h2-5,14H,6-8H2,1H3,(H,16,17)(H2,13,15,18). The summed E-state index contributed by atoms with van der Waals surface area (Å²) in [6.45, 7) is 1.72. The predicted molar refractivity (Wildman–Crippen MR) is 79.3 cm³/mol. The van der Waals surface area contributed by atoms with E-state index in [0.29, 0.717) is 19.6 Å². The number of nitrogens with zero attached hydrogens (tertiary/aromatic N) is 3. The lowest BCUT2D eigenvalue weighted by molar-refractivity contribution is -0.485. The highest BCUT2D eigenvalue weighted by Crippen LogP contribution is 2.09. The number of hydrazone groups is 1. The lowest BCUT2D eigenvalue weighted by Crippen LogP contribution is -2.39. The molecule has 0 unspecified atom stereocenters. The Morgan fingerprint density at radius 1 is 1.43 bits per heavy atom. The number of benzene rings is 1. The molecule has 0 fully saturated rings. The summed E-state index contributed by atoms with van der Waals surface area (Å²) < 4.78 is 0. The van der Waals surface area contributed by atoms with Crippen LogP contribution in [0.1, 0.15) is 5.82 Å². The van der Waals surface area contributed by atoms with Gasteiger partial charge in [-0.3, -0.25) is 0 Å². The second-order valence-electron chi connectivity index (χ2n) is 4.24. The van der Waals surface area contributed by atoms with Gasteiger partial charge in [-0.15, -0.1) is 0 Å². The maximum absolute atomic E-state index is 10.2. The second kappa shape index (κ2) is 7.20. The van der Waals surface area contributed by atoms with Crippen LogP contribution >= 0.6 is 0 Å². The van der Waals surface area contributed by atoms with Crippen molar-refractivity contribution in [2.45, 2.75) is 6.54 Å². The van der Waals surface area contributed by atoms with Crippen molar-refractivity contribution in [1.29, 1.82) is 0 Å². The van der Waals surface area contributed by atoms with Gasteiger partial charge in [0.1, 0.15) is 10.9 Å². The number of imidazole rings is 1. The lowest BCUT2D eigenvalue weighted by atomic mass is 10.3. The fraction of sp³-hybridized carbons (Fsp3) is 0.333. The number of guanidine groups is 1. The Balaban J connectivity index is 1.73. The van der Waals surface area contributed by atoms with Gasteiger partial charge < -0.3 is 20.9 Å². The number of hydrogen-bond acceptors (Lipinski definition) is 4. The summed E-state index contributed by atoms with van der Waals surface area (Å²) in [5.41, 5.74) is 1.94. The van der Waals surface area contributed by atoms with Crippen molar-refractivity contribution < 1.29 is 5.03 Å². The van der Waals surface area contributed by atoms with E-state index in [1.165, 1.54) is 0 Å². The molecule has 2 rings (SSSR count). The van der Waals surface area contributed by atoms with Gasteiger partial charge in [0.15, 0.2) is 5.03 Å². The molecule has 0 saturated heterocycles. The molecule has 21 heavy (non-hydrogen) atoms. The molecule has 1 heterocycles. The van der Waals surface area contributed by atoms with E-state index in [4.69, 9.17) is 0 Å². The average Bonchev–Trinajstić information content (AvgIpc) is 2.87. The molecule has 1 aromatic carbocycles. The van der Waals surface area contributed by atoms with Gasteiger partial charge in [0, 0.05) is 20.1 Å². The molecule has 0 aliphatic rings. The first-order valence-electron chi connectivity index (χ1n) is 6.48. The summed E-state index contributed by atoms with van der Waals surface area (Å²) in [5.74, 6) is 0.981. The van der Waals surface area contributed by atoms with Crippen LogP contribution in [0.4, 0.5) is 0 Å². The summed E-state index contributed by atoms with van der Waals surface area (Å²) in [7, 11) is 1.57. The first-order chi connectivity index (χ1) is 10.2.